The van der Waals surface area contributed by atoms with Crippen molar-refractivity contribution in [1.29, 1.82) is 0 Å². The van der Waals surface area contributed by atoms with E-state index in [-0.39, 0.29) is 5.75 Å². The van der Waals surface area contributed by atoms with Gasteiger partial charge in [-0.3, -0.25) is 0 Å². The average Bonchev–Trinajstić information content (AvgIpc) is 1.86. The maximum atomic E-state index is 9.65. The first-order valence-electron chi connectivity index (χ1n) is 3.52. The number of phenolic OH excluding ortho intramolecular Hbond substituents is 1. The van der Waals surface area contributed by atoms with Gasteiger partial charge in [-0.1, -0.05) is 18.2 Å². The van der Waals surface area contributed by atoms with E-state index in [1.807, 2.05) is 6.07 Å². The normalized spacial score (nSPS) is 11.5. The number of rotatable bonds is 1. The Morgan fingerprint density at radius 3 is 2.09 bits per heavy atom. The van der Waals surface area contributed by atoms with Crippen LogP contribution in [0.2, 0.25) is 13.1 Å². The van der Waals surface area contributed by atoms with E-state index in [9.17, 15) is 9.90 Å². The largest absolute Gasteiger partial charge is 0.508 e. The number of phenols is 1. The topological polar surface area (TPSA) is 40.5 Å². The van der Waals surface area contributed by atoms with Crippen LogP contribution >= 0.6 is 0 Å². The van der Waals surface area contributed by atoms with E-state index >= 15 is 0 Å². The summed E-state index contributed by atoms with van der Waals surface area (Å²) in [4.78, 5) is 9.65. The van der Waals surface area contributed by atoms with Crippen molar-refractivity contribution in [2.45, 2.75) is 13.1 Å². The highest BCUT2D eigenvalue weighted by atomic mass is 28.4. The molecule has 0 amide bonds. The van der Waals surface area contributed by atoms with Crippen molar-refractivity contribution in [3.05, 3.63) is 24.3 Å². The first kappa shape index (κ1) is 8.29. The predicted octanol–water partition coefficient (Wildman–Crippen LogP) is 0.797. The molecule has 0 aliphatic heterocycles. The molecule has 2 N–H and O–H groups in total. The van der Waals surface area contributed by atoms with Crippen molar-refractivity contribution in [2.24, 2.45) is 0 Å². The molecule has 0 aliphatic rings. The summed E-state index contributed by atoms with van der Waals surface area (Å²) in [5, 5.41) is 10.0. The van der Waals surface area contributed by atoms with Crippen LogP contribution in [0.15, 0.2) is 24.3 Å². The molecule has 0 saturated heterocycles. The van der Waals surface area contributed by atoms with E-state index in [0.717, 1.165) is 0 Å². The third-order valence-corrected chi connectivity index (χ3v) is 3.30. The van der Waals surface area contributed by atoms with E-state index in [1.54, 1.807) is 31.3 Å². The zero-order chi connectivity index (χ0) is 8.48. The second kappa shape index (κ2) is 2.68. The van der Waals surface area contributed by atoms with Gasteiger partial charge in [0.1, 0.15) is 5.75 Å². The Labute approximate surface area is 67.3 Å². The standard InChI is InChI=1S/C8H12O2Si/c1-11(2,10)8-6-4-3-5-7(8)9/h3-6,9-10H,1-2H3. The Bertz CT molecular complexity index is 253. The van der Waals surface area contributed by atoms with Crippen LogP contribution in [0.1, 0.15) is 0 Å². The molecular formula is C8H12O2Si. The van der Waals surface area contributed by atoms with Gasteiger partial charge in [0.15, 0.2) is 0 Å². The Morgan fingerprint density at radius 2 is 1.73 bits per heavy atom. The molecule has 0 fully saturated rings. The monoisotopic (exact) mass is 168 g/mol. The van der Waals surface area contributed by atoms with Crippen molar-refractivity contribution in [3.63, 3.8) is 0 Å². The van der Waals surface area contributed by atoms with Gasteiger partial charge in [0.2, 0.25) is 8.32 Å². The molecule has 0 aliphatic carbocycles. The fraction of sp³-hybridized carbons (Fsp3) is 0.250. The number of benzene rings is 1. The lowest BCUT2D eigenvalue weighted by Gasteiger charge is -2.15. The molecule has 0 aromatic heterocycles. The molecule has 0 spiro atoms. The van der Waals surface area contributed by atoms with Gasteiger partial charge < -0.3 is 9.90 Å². The number of para-hydroxylation sites is 1. The SMILES string of the molecule is C[Si](C)(O)c1ccccc1O. The Balaban J connectivity index is 3.14. The second-order valence-corrected chi connectivity index (χ2v) is 6.73. The van der Waals surface area contributed by atoms with E-state index < -0.39 is 8.32 Å². The summed E-state index contributed by atoms with van der Waals surface area (Å²) >= 11 is 0. The maximum Gasteiger partial charge on any atom is 0.217 e. The summed E-state index contributed by atoms with van der Waals surface area (Å²) in [6, 6.07) is 6.93. The zero-order valence-corrected chi connectivity index (χ0v) is 7.70. The highest BCUT2D eigenvalue weighted by Crippen LogP contribution is 2.09. The minimum absolute atomic E-state index is 0.201. The molecule has 60 valence electrons. The summed E-state index contributed by atoms with van der Waals surface area (Å²) in [7, 11) is -2.33. The molecule has 0 radical (unpaired) electrons. The van der Waals surface area contributed by atoms with Crippen molar-refractivity contribution >= 4 is 13.5 Å². The number of aromatic hydroxyl groups is 1. The van der Waals surface area contributed by atoms with E-state index in [2.05, 4.69) is 0 Å². The Kier molecular flexibility index (Phi) is 2.02. The van der Waals surface area contributed by atoms with Gasteiger partial charge in [-0.25, -0.2) is 0 Å². The Hall–Kier alpha value is -0.803. The molecule has 2 nitrogen and oxygen atoms in total. The third kappa shape index (κ3) is 1.82. The molecule has 1 aromatic carbocycles. The average molecular weight is 168 g/mol. The molecule has 1 aromatic rings. The molecule has 3 heteroatoms. The van der Waals surface area contributed by atoms with Crippen LogP contribution in [0.4, 0.5) is 0 Å². The predicted molar refractivity (Wildman–Crippen MR) is 47.4 cm³/mol. The van der Waals surface area contributed by atoms with Crippen LogP contribution in [0, 0.1) is 0 Å². The molecule has 1 rings (SSSR count). The first-order chi connectivity index (χ1) is 5.02. The second-order valence-electron chi connectivity index (χ2n) is 3.08. The van der Waals surface area contributed by atoms with Gasteiger partial charge in [-0.05, 0) is 19.2 Å². The van der Waals surface area contributed by atoms with Gasteiger partial charge in [0.25, 0.3) is 0 Å². The number of hydrogen-bond donors (Lipinski definition) is 2. The van der Waals surface area contributed by atoms with Gasteiger partial charge in [-0.2, -0.15) is 0 Å². The van der Waals surface area contributed by atoms with Crippen LogP contribution in [0.5, 0.6) is 5.75 Å². The summed E-state index contributed by atoms with van der Waals surface area (Å²) in [5.74, 6) is 0.201. The highest BCUT2D eigenvalue weighted by molar-refractivity contribution is 6.83. The molecule has 0 unspecified atom stereocenters. The molecule has 0 bridgehead atoms. The van der Waals surface area contributed by atoms with Crippen LogP contribution in [0.25, 0.3) is 0 Å². The fourth-order valence-corrected chi connectivity index (χ4v) is 2.21. The van der Waals surface area contributed by atoms with Gasteiger partial charge >= 0.3 is 0 Å². The highest BCUT2D eigenvalue weighted by Gasteiger charge is 2.22. The third-order valence-electron chi connectivity index (χ3n) is 1.56. The minimum Gasteiger partial charge on any atom is -0.508 e. The van der Waals surface area contributed by atoms with Crippen LogP contribution in [0.3, 0.4) is 0 Å². The smallest absolute Gasteiger partial charge is 0.217 e. The van der Waals surface area contributed by atoms with Gasteiger partial charge in [-0.15, -0.1) is 0 Å². The van der Waals surface area contributed by atoms with Gasteiger partial charge in [0, 0.05) is 5.19 Å². The lowest BCUT2D eigenvalue weighted by atomic mass is 10.3. The summed E-state index contributed by atoms with van der Waals surface area (Å²) in [5.41, 5.74) is 0. The lowest BCUT2D eigenvalue weighted by molar-refractivity contribution is 0.476. The van der Waals surface area contributed by atoms with E-state index in [4.69, 9.17) is 0 Å². The van der Waals surface area contributed by atoms with Crippen molar-refractivity contribution in [2.75, 3.05) is 0 Å². The summed E-state index contributed by atoms with van der Waals surface area (Å²) < 4.78 is 0. The zero-order valence-electron chi connectivity index (χ0n) is 6.70. The summed E-state index contributed by atoms with van der Waals surface area (Å²) in [6.45, 7) is 3.56. The van der Waals surface area contributed by atoms with Crippen molar-refractivity contribution in [1.82, 2.24) is 0 Å². The van der Waals surface area contributed by atoms with E-state index in [1.165, 1.54) is 0 Å². The Morgan fingerprint density at radius 1 is 1.18 bits per heavy atom. The van der Waals surface area contributed by atoms with Crippen molar-refractivity contribution < 1.29 is 9.90 Å². The quantitative estimate of drug-likeness (QED) is 0.609. The maximum absolute atomic E-state index is 9.65. The number of hydrogen-bond acceptors (Lipinski definition) is 2. The van der Waals surface area contributed by atoms with Crippen LogP contribution in [-0.4, -0.2) is 18.2 Å². The fourth-order valence-electron chi connectivity index (χ4n) is 0.991. The molecule has 0 atom stereocenters. The summed E-state index contributed by atoms with van der Waals surface area (Å²) in [6.07, 6.45) is 0. The van der Waals surface area contributed by atoms with Crippen LogP contribution < -0.4 is 5.19 Å². The van der Waals surface area contributed by atoms with E-state index in [0.29, 0.717) is 5.19 Å². The van der Waals surface area contributed by atoms with Crippen LogP contribution in [-0.2, 0) is 0 Å². The molecule has 0 heterocycles. The minimum atomic E-state index is -2.33. The van der Waals surface area contributed by atoms with Crippen molar-refractivity contribution in [3.8, 4) is 5.75 Å². The lowest BCUT2D eigenvalue weighted by Crippen LogP contribution is -2.41. The van der Waals surface area contributed by atoms with Gasteiger partial charge in [0.05, 0.1) is 0 Å². The molecular weight excluding hydrogens is 156 g/mol. The first-order valence-corrected chi connectivity index (χ1v) is 6.47. The molecule has 0 saturated carbocycles. The molecule has 11 heavy (non-hydrogen) atoms.